The fourth-order valence-corrected chi connectivity index (χ4v) is 1.61. The van der Waals surface area contributed by atoms with Gasteiger partial charge in [-0.25, -0.2) is 4.79 Å². The summed E-state index contributed by atoms with van der Waals surface area (Å²) in [6, 6.07) is 7.39. The first kappa shape index (κ1) is 10.3. The molecule has 0 bridgehead atoms. The van der Waals surface area contributed by atoms with E-state index >= 15 is 0 Å². The van der Waals surface area contributed by atoms with Gasteiger partial charge in [0.15, 0.2) is 0 Å². The third-order valence-corrected chi connectivity index (χ3v) is 2.40. The Balaban J connectivity index is 2.53. The summed E-state index contributed by atoms with van der Waals surface area (Å²) < 4.78 is 4.70. The van der Waals surface area contributed by atoms with Crippen LogP contribution in [-0.2, 0) is 4.74 Å². The van der Waals surface area contributed by atoms with Gasteiger partial charge in [0.05, 0.1) is 12.7 Å². The Morgan fingerprint density at radius 2 is 2.00 bits per heavy atom. The van der Waals surface area contributed by atoms with Gasteiger partial charge in [0, 0.05) is 29.2 Å². The molecule has 16 heavy (non-hydrogen) atoms. The molecule has 1 aromatic heterocycles. The van der Waals surface area contributed by atoms with Gasteiger partial charge in [-0.15, -0.1) is 0 Å². The standard InChI is InChI=1S/C12H12N2O2/c1-16-12(15)10-7-14-6-9(10)8-4-2-3-5-11(8)13/h2-7,14H,13H2,1H3. The lowest BCUT2D eigenvalue weighted by molar-refractivity contribution is 0.0602. The maximum absolute atomic E-state index is 11.5. The normalized spacial score (nSPS) is 10.1. The molecule has 0 spiro atoms. The molecule has 3 N–H and O–H groups in total. The average molecular weight is 216 g/mol. The predicted molar refractivity (Wildman–Crippen MR) is 62.0 cm³/mol. The molecule has 82 valence electrons. The molecule has 4 nitrogen and oxygen atoms in total. The van der Waals surface area contributed by atoms with E-state index in [0.29, 0.717) is 11.3 Å². The van der Waals surface area contributed by atoms with E-state index in [-0.39, 0.29) is 5.97 Å². The average Bonchev–Trinajstić information content (AvgIpc) is 2.77. The van der Waals surface area contributed by atoms with Crippen LogP contribution in [0.3, 0.4) is 0 Å². The number of nitrogen functional groups attached to an aromatic ring is 1. The number of carbonyl (C=O) groups is 1. The number of para-hydroxylation sites is 1. The molecular formula is C12H12N2O2. The number of H-pyrrole nitrogens is 1. The molecule has 0 fully saturated rings. The smallest absolute Gasteiger partial charge is 0.340 e. The zero-order chi connectivity index (χ0) is 11.5. The molecule has 0 saturated carbocycles. The lowest BCUT2D eigenvalue weighted by atomic mass is 10.0. The van der Waals surface area contributed by atoms with Crippen molar-refractivity contribution in [3.63, 3.8) is 0 Å². The number of nitrogens with two attached hydrogens (primary N) is 1. The minimum absolute atomic E-state index is 0.375. The van der Waals surface area contributed by atoms with E-state index in [1.54, 1.807) is 18.5 Å². The van der Waals surface area contributed by atoms with Gasteiger partial charge in [0.2, 0.25) is 0 Å². The monoisotopic (exact) mass is 216 g/mol. The van der Waals surface area contributed by atoms with Crippen LogP contribution in [0.25, 0.3) is 11.1 Å². The Kier molecular flexibility index (Phi) is 2.64. The topological polar surface area (TPSA) is 68.1 Å². The molecule has 1 aromatic carbocycles. The van der Waals surface area contributed by atoms with E-state index in [9.17, 15) is 4.79 Å². The second-order valence-corrected chi connectivity index (χ2v) is 3.36. The van der Waals surface area contributed by atoms with Gasteiger partial charge in [-0.1, -0.05) is 18.2 Å². The van der Waals surface area contributed by atoms with Gasteiger partial charge >= 0.3 is 5.97 Å². The van der Waals surface area contributed by atoms with Crippen LogP contribution in [0.5, 0.6) is 0 Å². The maximum atomic E-state index is 11.5. The van der Waals surface area contributed by atoms with Crippen molar-refractivity contribution in [2.75, 3.05) is 12.8 Å². The van der Waals surface area contributed by atoms with Crippen molar-refractivity contribution in [3.8, 4) is 11.1 Å². The van der Waals surface area contributed by atoms with E-state index in [4.69, 9.17) is 10.5 Å². The summed E-state index contributed by atoms with van der Waals surface area (Å²) >= 11 is 0. The third-order valence-electron chi connectivity index (χ3n) is 2.40. The fourth-order valence-electron chi connectivity index (χ4n) is 1.61. The molecule has 0 aliphatic carbocycles. The van der Waals surface area contributed by atoms with Gasteiger partial charge in [0.1, 0.15) is 0 Å². The number of anilines is 1. The van der Waals surface area contributed by atoms with Gasteiger partial charge in [-0.05, 0) is 6.07 Å². The largest absolute Gasteiger partial charge is 0.465 e. The highest BCUT2D eigenvalue weighted by molar-refractivity contribution is 5.98. The number of hydrogen-bond acceptors (Lipinski definition) is 3. The van der Waals surface area contributed by atoms with Gasteiger partial charge < -0.3 is 15.5 Å². The molecule has 0 atom stereocenters. The zero-order valence-electron chi connectivity index (χ0n) is 8.86. The Hall–Kier alpha value is -2.23. The van der Waals surface area contributed by atoms with Gasteiger partial charge in [-0.2, -0.15) is 0 Å². The first-order valence-electron chi connectivity index (χ1n) is 4.84. The van der Waals surface area contributed by atoms with Crippen LogP contribution in [0.2, 0.25) is 0 Å². The summed E-state index contributed by atoms with van der Waals surface area (Å²) in [6.07, 6.45) is 3.34. The lowest BCUT2D eigenvalue weighted by Gasteiger charge is -2.05. The van der Waals surface area contributed by atoms with Crippen LogP contribution < -0.4 is 5.73 Å². The van der Waals surface area contributed by atoms with E-state index in [2.05, 4.69) is 4.98 Å². The molecule has 0 amide bonds. The van der Waals surface area contributed by atoms with Crippen LogP contribution in [0.4, 0.5) is 5.69 Å². The number of nitrogens with one attached hydrogen (secondary N) is 1. The molecule has 1 heterocycles. The van der Waals surface area contributed by atoms with Crippen LogP contribution >= 0.6 is 0 Å². The summed E-state index contributed by atoms with van der Waals surface area (Å²) in [5.74, 6) is -0.375. The van der Waals surface area contributed by atoms with Crippen LogP contribution in [0, 0.1) is 0 Å². The third kappa shape index (κ3) is 1.65. The first-order chi connectivity index (χ1) is 7.74. The number of hydrogen-bond donors (Lipinski definition) is 2. The van der Waals surface area contributed by atoms with Crippen molar-refractivity contribution >= 4 is 11.7 Å². The van der Waals surface area contributed by atoms with E-state index in [1.807, 2.05) is 18.2 Å². The number of esters is 1. The molecule has 0 aliphatic heterocycles. The van der Waals surface area contributed by atoms with Crippen molar-refractivity contribution in [2.24, 2.45) is 0 Å². The molecule has 0 saturated heterocycles. The van der Waals surface area contributed by atoms with Crippen molar-refractivity contribution in [2.45, 2.75) is 0 Å². The number of carbonyl (C=O) groups excluding carboxylic acids is 1. The van der Waals surface area contributed by atoms with Crippen LogP contribution in [0.1, 0.15) is 10.4 Å². The van der Waals surface area contributed by atoms with Crippen LogP contribution in [-0.4, -0.2) is 18.1 Å². The lowest BCUT2D eigenvalue weighted by Crippen LogP contribution is -2.01. The fraction of sp³-hybridized carbons (Fsp3) is 0.0833. The van der Waals surface area contributed by atoms with E-state index in [0.717, 1.165) is 11.1 Å². The number of aromatic nitrogens is 1. The van der Waals surface area contributed by atoms with Gasteiger partial charge in [-0.3, -0.25) is 0 Å². The summed E-state index contributed by atoms with van der Waals surface area (Å²) in [7, 11) is 1.35. The Labute approximate surface area is 93.0 Å². The minimum atomic E-state index is -0.375. The quantitative estimate of drug-likeness (QED) is 0.596. The Morgan fingerprint density at radius 3 is 2.69 bits per heavy atom. The van der Waals surface area contributed by atoms with E-state index in [1.165, 1.54) is 7.11 Å². The number of aromatic amines is 1. The van der Waals surface area contributed by atoms with Crippen molar-refractivity contribution < 1.29 is 9.53 Å². The number of rotatable bonds is 2. The number of ether oxygens (including phenoxy) is 1. The molecular weight excluding hydrogens is 204 g/mol. The minimum Gasteiger partial charge on any atom is -0.465 e. The summed E-state index contributed by atoms with van der Waals surface area (Å²) in [6.45, 7) is 0. The molecule has 0 unspecified atom stereocenters. The molecule has 2 aromatic rings. The number of methoxy groups -OCH3 is 1. The SMILES string of the molecule is COC(=O)c1c[nH]cc1-c1ccccc1N. The van der Waals surface area contributed by atoms with Crippen molar-refractivity contribution in [3.05, 3.63) is 42.2 Å². The highest BCUT2D eigenvalue weighted by atomic mass is 16.5. The molecule has 4 heteroatoms. The zero-order valence-corrected chi connectivity index (χ0v) is 8.86. The second kappa shape index (κ2) is 4.10. The van der Waals surface area contributed by atoms with Gasteiger partial charge in [0.25, 0.3) is 0 Å². The second-order valence-electron chi connectivity index (χ2n) is 3.36. The Bertz CT molecular complexity index is 517. The summed E-state index contributed by atoms with van der Waals surface area (Å²) in [5.41, 5.74) is 8.55. The van der Waals surface area contributed by atoms with Crippen LogP contribution in [0.15, 0.2) is 36.7 Å². The highest BCUT2D eigenvalue weighted by Crippen LogP contribution is 2.28. The van der Waals surface area contributed by atoms with Crippen molar-refractivity contribution in [1.29, 1.82) is 0 Å². The van der Waals surface area contributed by atoms with Crippen molar-refractivity contribution in [1.82, 2.24) is 4.98 Å². The Morgan fingerprint density at radius 1 is 1.25 bits per heavy atom. The molecule has 2 rings (SSSR count). The predicted octanol–water partition coefficient (Wildman–Crippen LogP) is 2.05. The van der Waals surface area contributed by atoms with E-state index < -0.39 is 0 Å². The highest BCUT2D eigenvalue weighted by Gasteiger charge is 2.15. The number of benzene rings is 1. The summed E-state index contributed by atoms with van der Waals surface area (Å²) in [4.78, 5) is 14.4. The first-order valence-corrected chi connectivity index (χ1v) is 4.84. The molecule has 0 radical (unpaired) electrons. The molecule has 0 aliphatic rings. The maximum Gasteiger partial charge on any atom is 0.340 e. The summed E-state index contributed by atoms with van der Waals surface area (Å²) in [5, 5.41) is 0.